The van der Waals surface area contributed by atoms with Crippen molar-refractivity contribution in [2.24, 2.45) is 4.99 Å². The van der Waals surface area contributed by atoms with Gasteiger partial charge >= 0.3 is 6.18 Å². The lowest BCUT2D eigenvalue weighted by molar-refractivity contribution is -0.141. The summed E-state index contributed by atoms with van der Waals surface area (Å²) in [5, 5.41) is 2.34. The Labute approximate surface area is 173 Å². The van der Waals surface area contributed by atoms with Gasteiger partial charge in [0.25, 0.3) is 5.56 Å². The Morgan fingerprint density at radius 2 is 1.87 bits per heavy atom. The zero-order chi connectivity index (χ0) is 21.5. The van der Waals surface area contributed by atoms with Gasteiger partial charge in [-0.05, 0) is 43.2 Å². The van der Waals surface area contributed by atoms with Crippen molar-refractivity contribution in [1.82, 2.24) is 14.8 Å². The zero-order valence-electron chi connectivity index (χ0n) is 16.1. The largest absolute Gasteiger partial charge is 0.433 e. The lowest BCUT2D eigenvalue weighted by Crippen LogP contribution is -2.20. The number of H-pyrrole nitrogens is 1. The molecule has 0 radical (unpaired) electrons. The van der Waals surface area contributed by atoms with Crippen molar-refractivity contribution in [2.75, 3.05) is 0 Å². The van der Waals surface area contributed by atoms with E-state index in [0.29, 0.717) is 11.2 Å². The first kappa shape index (κ1) is 20.1. The fraction of sp³-hybridized carbons (Fsp3) is 0.190. The molecule has 154 valence electrons. The van der Waals surface area contributed by atoms with Gasteiger partial charge in [-0.25, -0.2) is 4.98 Å². The zero-order valence-corrected chi connectivity index (χ0v) is 16.9. The SMILES string of the molecule is CCc1ccc(N=C(C)c2c(C(F)(F)F)[nH]n(-c3nc4ccccc4s3)c2=O)cc1. The van der Waals surface area contributed by atoms with Crippen LogP contribution in [0.15, 0.2) is 58.3 Å². The van der Waals surface area contributed by atoms with Gasteiger partial charge in [-0.2, -0.15) is 17.9 Å². The van der Waals surface area contributed by atoms with Crippen LogP contribution in [0.2, 0.25) is 0 Å². The molecule has 9 heteroatoms. The van der Waals surface area contributed by atoms with Gasteiger partial charge < -0.3 is 0 Å². The molecule has 5 nitrogen and oxygen atoms in total. The molecule has 2 heterocycles. The average Bonchev–Trinajstić information content (AvgIpc) is 3.29. The highest BCUT2D eigenvalue weighted by molar-refractivity contribution is 7.20. The molecule has 0 unspecified atom stereocenters. The fourth-order valence-corrected chi connectivity index (χ4v) is 4.05. The van der Waals surface area contributed by atoms with Crippen LogP contribution in [0.1, 0.15) is 30.7 Å². The number of aryl methyl sites for hydroxylation is 1. The van der Waals surface area contributed by atoms with Gasteiger partial charge in [-0.3, -0.25) is 14.9 Å². The number of thiazole rings is 1. The van der Waals surface area contributed by atoms with Gasteiger partial charge in [-0.1, -0.05) is 42.5 Å². The number of aliphatic imine (C=N–C) groups is 1. The molecule has 0 aliphatic rings. The maximum atomic E-state index is 13.7. The number of hydrogen-bond acceptors (Lipinski definition) is 4. The first-order chi connectivity index (χ1) is 14.3. The van der Waals surface area contributed by atoms with Crippen LogP contribution in [0.25, 0.3) is 15.3 Å². The van der Waals surface area contributed by atoms with Gasteiger partial charge in [-0.15, -0.1) is 0 Å². The van der Waals surface area contributed by atoms with E-state index in [1.54, 1.807) is 36.4 Å². The van der Waals surface area contributed by atoms with Crippen LogP contribution in [0, 0.1) is 0 Å². The minimum absolute atomic E-state index is 0.0207. The lowest BCUT2D eigenvalue weighted by Gasteiger charge is -2.06. The summed E-state index contributed by atoms with van der Waals surface area (Å²) in [5.41, 5.74) is -0.345. The normalized spacial score (nSPS) is 12.6. The summed E-state index contributed by atoms with van der Waals surface area (Å²) in [4.78, 5) is 21.5. The Kier molecular flexibility index (Phi) is 5.07. The molecule has 0 saturated carbocycles. The van der Waals surface area contributed by atoms with Crippen LogP contribution in [0.3, 0.4) is 0 Å². The molecule has 2 aromatic heterocycles. The quantitative estimate of drug-likeness (QED) is 0.435. The Hall–Kier alpha value is -3.20. The van der Waals surface area contributed by atoms with Gasteiger partial charge in [0.2, 0.25) is 5.13 Å². The molecule has 4 rings (SSSR count). The third-order valence-corrected chi connectivity index (χ3v) is 5.67. The maximum absolute atomic E-state index is 13.7. The highest BCUT2D eigenvalue weighted by Crippen LogP contribution is 2.31. The lowest BCUT2D eigenvalue weighted by atomic mass is 10.1. The summed E-state index contributed by atoms with van der Waals surface area (Å²) < 4.78 is 42.7. The minimum atomic E-state index is -4.75. The topological polar surface area (TPSA) is 63.0 Å². The molecule has 0 aliphatic carbocycles. The molecule has 30 heavy (non-hydrogen) atoms. The Balaban J connectivity index is 1.86. The molecule has 0 aliphatic heterocycles. The van der Waals surface area contributed by atoms with Gasteiger partial charge in [0.05, 0.1) is 27.2 Å². The maximum Gasteiger partial charge on any atom is 0.433 e. The summed E-state index contributed by atoms with van der Waals surface area (Å²) in [6.07, 6.45) is -3.91. The minimum Gasteiger partial charge on any atom is -0.284 e. The van der Waals surface area contributed by atoms with Crippen molar-refractivity contribution < 1.29 is 13.2 Å². The molecule has 2 aromatic carbocycles. The third kappa shape index (κ3) is 3.68. The van der Waals surface area contributed by atoms with E-state index in [1.807, 2.05) is 19.1 Å². The molecule has 0 amide bonds. The van der Waals surface area contributed by atoms with Crippen molar-refractivity contribution in [1.29, 1.82) is 0 Å². The summed E-state index contributed by atoms with van der Waals surface area (Å²) in [6, 6.07) is 14.2. The number of aromatic nitrogens is 3. The van der Waals surface area contributed by atoms with Crippen LogP contribution in [0.4, 0.5) is 18.9 Å². The highest BCUT2D eigenvalue weighted by atomic mass is 32.1. The molecular formula is C21H17F3N4OS. The average molecular weight is 430 g/mol. The summed E-state index contributed by atoms with van der Waals surface area (Å²) in [7, 11) is 0. The van der Waals surface area contributed by atoms with Crippen LogP contribution >= 0.6 is 11.3 Å². The van der Waals surface area contributed by atoms with E-state index in [0.717, 1.165) is 32.7 Å². The molecule has 0 atom stereocenters. The Morgan fingerprint density at radius 3 is 2.50 bits per heavy atom. The number of hydrogen-bond donors (Lipinski definition) is 1. The molecular weight excluding hydrogens is 413 g/mol. The fourth-order valence-electron chi connectivity index (χ4n) is 3.12. The van der Waals surface area contributed by atoms with E-state index in [1.165, 1.54) is 6.92 Å². The van der Waals surface area contributed by atoms with Crippen LogP contribution < -0.4 is 5.56 Å². The molecule has 0 spiro atoms. The second-order valence-electron chi connectivity index (χ2n) is 6.68. The summed E-state index contributed by atoms with van der Waals surface area (Å²) in [5.74, 6) is 0. The van der Waals surface area contributed by atoms with Crippen LogP contribution in [-0.4, -0.2) is 20.5 Å². The van der Waals surface area contributed by atoms with Crippen molar-refractivity contribution in [2.45, 2.75) is 26.4 Å². The molecule has 0 bridgehead atoms. The van der Waals surface area contributed by atoms with Gasteiger partial charge in [0.1, 0.15) is 0 Å². The number of aromatic amines is 1. The van der Waals surface area contributed by atoms with Crippen LogP contribution in [-0.2, 0) is 12.6 Å². The van der Waals surface area contributed by atoms with Crippen molar-refractivity contribution >= 4 is 33.0 Å². The number of nitrogens with one attached hydrogen (secondary N) is 1. The van der Waals surface area contributed by atoms with E-state index in [9.17, 15) is 18.0 Å². The third-order valence-electron chi connectivity index (χ3n) is 4.65. The smallest absolute Gasteiger partial charge is 0.284 e. The molecule has 0 saturated heterocycles. The highest BCUT2D eigenvalue weighted by Gasteiger charge is 2.39. The number of benzene rings is 2. The number of para-hydroxylation sites is 1. The van der Waals surface area contributed by atoms with Crippen molar-refractivity contribution in [3.05, 3.63) is 75.7 Å². The van der Waals surface area contributed by atoms with Crippen molar-refractivity contribution in [3.63, 3.8) is 0 Å². The monoisotopic (exact) mass is 430 g/mol. The number of halogens is 3. The van der Waals surface area contributed by atoms with E-state index in [-0.39, 0.29) is 10.8 Å². The van der Waals surface area contributed by atoms with E-state index in [2.05, 4.69) is 15.1 Å². The van der Waals surface area contributed by atoms with E-state index in [4.69, 9.17) is 0 Å². The predicted molar refractivity (Wildman–Crippen MR) is 112 cm³/mol. The van der Waals surface area contributed by atoms with Gasteiger partial charge in [0, 0.05) is 0 Å². The standard InChI is InChI=1S/C21H17F3N4OS/c1-3-13-8-10-14(11-9-13)25-12(2)17-18(21(22,23)24)27-28(19(17)29)20-26-15-6-4-5-7-16(15)30-20/h4-11,27H,3H2,1-2H3. The van der Waals surface area contributed by atoms with Gasteiger partial charge in [0.15, 0.2) is 5.69 Å². The van der Waals surface area contributed by atoms with E-state index < -0.39 is 23.0 Å². The Morgan fingerprint density at radius 1 is 1.17 bits per heavy atom. The number of rotatable bonds is 4. The summed E-state index contributed by atoms with van der Waals surface area (Å²) in [6.45, 7) is 3.40. The Bertz CT molecular complexity index is 1260. The first-order valence-electron chi connectivity index (χ1n) is 9.20. The molecule has 4 aromatic rings. The number of nitrogens with zero attached hydrogens (tertiary/aromatic N) is 3. The van der Waals surface area contributed by atoms with E-state index >= 15 is 0 Å². The first-order valence-corrected chi connectivity index (χ1v) is 10.0. The number of alkyl halides is 3. The second kappa shape index (κ2) is 7.56. The number of fused-ring (bicyclic) bond motifs is 1. The summed E-state index contributed by atoms with van der Waals surface area (Å²) >= 11 is 1.13. The molecule has 1 N–H and O–H groups in total. The van der Waals surface area contributed by atoms with Crippen molar-refractivity contribution in [3.8, 4) is 5.13 Å². The second-order valence-corrected chi connectivity index (χ2v) is 7.69. The van der Waals surface area contributed by atoms with Crippen LogP contribution in [0.5, 0.6) is 0 Å². The molecule has 0 fully saturated rings. The predicted octanol–water partition coefficient (Wildman–Crippen LogP) is 5.50.